The topological polar surface area (TPSA) is 64.3 Å². The van der Waals surface area contributed by atoms with Crippen LogP contribution in [0.3, 0.4) is 0 Å². The summed E-state index contributed by atoms with van der Waals surface area (Å²) in [5, 5.41) is 2.91. The summed E-state index contributed by atoms with van der Waals surface area (Å²) in [7, 11) is 0. The van der Waals surface area contributed by atoms with E-state index in [1.54, 1.807) is 0 Å². The fourth-order valence-electron chi connectivity index (χ4n) is 1.70. The van der Waals surface area contributed by atoms with Crippen LogP contribution in [0.15, 0.2) is 24.3 Å². The number of ether oxygens (including phenoxy) is 1. The molecule has 0 aliphatic carbocycles. The molecule has 4 nitrogen and oxygen atoms in total. The van der Waals surface area contributed by atoms with Gasteiger partial charge in [-0.25, -0.2) is 0 Å². The zero-order valence-electron chi connectivity index (χ0n) is 12.0. The first-order valence-corrected chi connectivity index (χ1v) is 6.76. The number of carbonyl (C=O) groups excluding carboxylic acids is 1. The van der Waals surface area contributed by atoms with Gasteiger partial charge in [-0.2, -0.15) is 0 Å². The third-order valence-corrected chi connectivity index (χ3v) is 2.81. The highest BCUT2D eigenvalue weighted by molar-refractivity contribution is 5.78. The molecule has 0 saturated heterocycles. The predicted octanol–water partition coefficient (Wildman–Crippen LogP) is 2.07. The first-order chi connectivity index (χ1) is 9.02. The van der Waals surface area contributed by atoms with Gasteiger partial charge >= 0.3 is 0 Å². The van der Waals surface area contributed by atoms with Crippen molar-refractivity contribution in [3.63, 3.8) is 0 Å². The van der Waals surface area contributed by atoms with E-state index < -0.39 is 0 Å². The zero-order valence-corrected chi connectivity index (χ0v) is 12.0. The van der Waals surface area contributed by atoms with Gasteiger partial charge in [0.05, 0.1) is 6.10 Å². The standard InChI is InChI=1S/C15H24N2O2/c1-11(2)19-14-6-4-13(5-7-14)10-17-15(18)12(3)8-9-16/h4-7,11-12H,8-10,16H2,1-3H3,(H,17,18). The molecule has 0 bridgehead atoms. The SMILES string of the molecule is CC(C)Oc1ccc(CNC(=O)C(C)CCN)cc1. The fourth-order valence-corrected chi connectivity index (χ4v) is 1.70. The Morgan fingerprint density at radius 2 is 1.89 bits per heavy atom. The fraction of sp³-hybridized carbons (Fsp3) is 0.533. The molecule has 3 N–H and O–H groups in total. The highest BCUT2D eigenvalue weighted by Crippen LogP contribution is 2.13. The van der Waals surface area contributed by atoms with Gasteiger partial charge in [-0.15, -0.1) is 0 Å². The van der Waals surface area contributed by atoms with Crippen LogP contribution in [0.25, 0.3) is 0 Å². The van der Waals surface area contributed by atoms with Crippen LogP contribution in [0.4, 0.5) is 0 Å². The summed E-state index contributed by atoms with van der Waals surface area (Å²) in [5.74, 6) is 0.864. The third kappa shape index (κ3) is 5.75. The van der Waals surface area contributed by atoms with Gasteiger partial charge in [0.2, 0.25) is 5.91 Å². The van der Waals surface area contributed by atoms with E-state index in [1.165, 1.54) is 0 Å². The van der Waals surface area contributed by atoms with Crippen LogP contribution in [0, 0.1) is 5.92 Å². The maximum Gasteiger partial charge on any atom is 0.223 e. The van der Waals surface area contributed by atoms with Crippen molar-refractivity contribution >= 4 is 5.91 Å². The van der Waals surface area contributed by atoms with E-state index in [1.807, 2.05) is 45.0 Å². The molecule has 0 aliphatic heterocycles. The minimum atomic E-state index is -0.0338. The van der Waals surface area contributed by atoms with Gasteiger partial charge < -0.3 is 15.8 Å². The lowest BCUT2D eigenvalue weighted by atomic mass is 10.1. The molecule has 4 heteroatoms. The van der Waals surface area contributed by atoms with E-state index in [-0.39, 0.29) is 17.9 Å². The molecule has 0 aliphatic rings. The van der Waals surface area contributed by atoms with E-state index in [0.717, 1.165) is 11.3 Å². The average molecular weight is 264 g/mol. The molecule has 1 aromatic rings. The van der Waals surface area contributed by atoms with E-state index in [0.29, 0.717) is 19.5 Å². The molecule has 19 heavy (non-hydrogen) atoms. The minimum absolute atomic E-state index is 0.0338. The molecule has 1 atom stereocenters. The van der Waals surface area contributed by atoms with Crippen molar-refractivity contribution in [1.82, 2.24) is 5.32 Å². The average Bonchev–Trinajstić information content (AvgIpc) is 2.37. The molecule has 0 radical (unpaired) electrons. The van der Waals surface area contributed by atoms with Crippen molar-refractivity contribution in [2.75, 3.05) is 6.54 Å². The van der Waals surface area contributed by atoms with E-state index in [4.69, 9.17) is 10.5 Å². The van der Waals surface area contributed by atoms with Gasteiger partial charge in [-0.3, -0.25) is 4.79 Å². The number of nitrogens with one attached hydrogen (secondary N) is 1. The largest absolute Gasteiger partial charge is 0.491 e. The highest BCUT2D eigenvalue weighted by atomic mass is 16.5. The van der Waals surface area contributed by atoms with Crippen LogP contribution in [-0.4, -0.2) is 18.6 Å². The van der Waals surface area contributed by atoms with Gasteiger partial charge in [0.15, 0.2) is 0 Å². The van der Waals surface area contributed by atoms with Gasteiger partial charge in [-0.05, 0) is 44.5 Å². The Kier molecular flexibility index (Phi) is 6.36. The van der Waals surface area contributed by atoms with Crippen LogP contribution in [0.1, 0.15) is 32.8 Å². The molecular weight excluding hydrogens is 240 g/mol. The number of nitrogens with two attached hydrogens (primary N) is 1. The van der Waals surface area contributed by atoms with Crippen molar-refractivity contribution in [1.29, 1.82) is 0 Å². The second kappa shape index (κ2) is 7.79. The molecule has 0 fully saturated rings. The summed E-state index contributed by atoms with van der Waals surface area (Å²) in [6, 6.07) is 7.77. The summed E-state index contributed by atoms with van der Waals surface area (Å²) in [6.45, 7) is 6.95. The number of hydrogen-bond acceptors (Lipinski definition) is 3. The van der Waals surface area contributed by atoms with Gasteiger partial charge in [-0.1, -0.05) is 19.1 Å². The van der Waals surface area contributed by atoms with Crippen molar-refractivity contribution in [2.45, 2.75) is 39.8 Å². The van der Waals surface area contributed by atoms with E-state index in [9.17, 15) is 4.79 Å². The summed E-state index contributed by atoms with van der Waals surface area (Å²) in [4.78, 5) is 11.7. The van der Waals surface area contributed by atoms with Crippen molar-refractivity contribution < 1.29 is 9.53 Å². The first kappa shape index (κ1) is 15.5. The van der Waals surface area contributed by atoms with Crippen LogP contribution >= 0.6 is 0 Å². The molecule has 1 aromatic carbocycles. The van der Waals surface area contributed by atoms with Crippen LogP contribution < -0.4 is 15.8 Å². The Labute approximate surface area is 115 Å². The van der Waals surface area contributed by atoms with Crippen molar-refractivity contribution in [3.8, 4) is 5.75 Å². The Hall–Kier alpha value is -1.55. The Morgan fingerprint density at radius 1 is 1.26 bits per heavy atom. The molecule has 1 amide bonds. The Bertz CT molecular complexity index is 388. The van der Waals surface area contributed by atoms with Crippen molar-refractivity contribution in [3.05, 3.63) is 29.8 Å². The number of hydrogen-bond donors (Lipinski definition) is 2. The molecule has 1 unspecified atom stereocenters. The minimum Gasteiger partial charge on any atom is -0.491 e. The molecule has 0 aromatic heterocycles. The van der Waals surface area contributed by atoms with Crippen LogP contribution in [0.5, 0.6) is 5.75 Å². The lowest BCUT2D eigenvalue weighted by Gasteiger charge is -2.12. The molecule has 0 saturated carbocycles. The second-order valence-corrected chi connectivity index (χ2v) is 5.01. The summed E-state index contributed by atoms with van der Waals surface area (Å²) < 4.78 is 5.56. The third-order valence-electron chi connectivity index (χ3n) is 2.81. The van der Waals surface area contributed by atoms with E-state index >= 15 is 0 Å². The summed E-state index contributed by atoms with van der Waals surface area (Å²) in [6.07, 6.45) is 0.884. The normalized spacial score (nSPS) is 12.3. The molecular formula is C15H24N2O2. The smallest absolute Gasteiger partial charge is 0.223 e. The van der Waals surface area contributed by atoms with Crippen molar-refractivity contribution in [2.24, 2.45) is 11.7 Å². The lowest BCUT2D eigenvalue weighted by Crippen LogP contribution is -2.29. The molecule has 1 rings (SSSR count). The maximum absolute atomic E-state index is 11.7. The summed E-state index contributed by atoms with van der Waals surface area (Å²) >= 11 is 0. The van der Waals surface area contributed by atoms with Crippen LogP contribution in [0.2, 0.25) is 0 Å². The Morgan fingerprint density at radius 3 is 2.42 bits per heavy atom. The van der Waals surface area contributed by atoms with Crippen LogP contribution in [-0.2, 0) is 11.3 Å². The van der Waals surface area contributed by atoms with E-state index in [2.05, 4.69) is 5.32 Å². The first-order valence-electron chi connectivity index (χ1n) is 6.76. The monoisotopic (exact) mass is 264 g/mol. The number of carbonyl (C=O) groups is 1. The molecule has 0 heterocycles. The quantitative estimate of drug-likeness (QED) is 0.792. The predicted molar refractivity (Wildman–Crippen MR) is 76.9 cm³/mol. The molecule has 0 spiro atoms. The Balaban J connectivity index is 2.43. The molecule has 106 valence electrons. The number of amides is 1. The van der Waals surface area contributed by atoms with Gasteiger partial charge in [0.1, 0.15) is 5.75 Å². The summed E-state index contributed by atoms with van der Waals surface area (Å²) in [5.41, 5.74) is 6.50. The maximum atomic E-state index is 11.7. The number of rotatable bonds is 7. The number of benzene rings is 1. The van der Waals surface area contributed by atoms with Gasteiger partial charge in [0.25, 0.3) is 0 Å². The lowest BCUT2D eigenvalue weighted by molar-refractivity contribution is -0.124. The second-order valence-electron chi connectivity index (χ2n) is 5.01. The highest BCUT2D eigenvalue weighted by Gasteiger charge is 2.10. The zero-order chi connectivity index (χ0) is 14.3. The van der Waals surface area contributed by atoms with Gasteiger partial charge in [0, 0.05) is 12.5 Å².